The van der Waals surface area contributed by atoms with E-state index in [1.54, 1.807) is 6.92 Å². The van der Waals surface area contributed by atoms with Crippen LogP contribution in [0.5, 0.6) is 5.75 Å². The molecule has 0 saturated heterocycles. The van der Waals surface area contributed by atoms with E-state index in [4.69, 9.17) is 37.6 Å². The molecule has 0 radical (unpaired) electrons. The van der Waals surface area contributed by atoms with E-state index < -0.39 is 13.5 Å². The predicted octanol–water partition coefficient (Wildman–Crippen LogP) is 2.78. The van der Waals surface area contributed by atoms with Crippen LogP contribution in [0.3, 0.4) is 0 Å². The number of nitrogens with two attached hydrogens (primary N) is 2. The van der Waals surface area contributed by atoms with Gasteiger partial charge in [0.15, 0.2) is 33.5 Å². The Kier molecular flexibility index (Phi) is 10.5. The number of carbonyl (C=O) groups excluding carboxylic acids is 1. The molecule has 39 heavy (non-hydrogen) atoms. The summed E-state index contributed by atoms with van der Waals surface area (Å²) < 4.78 is 26.7. The largest absolute Gasteiger partial charge is 0.493 e. The van der Waals surface area contributed by atoms with E-state index in [1.807, 2.05) is 29.7 Å². The van der Waals surface area contributed by atoms with Gasteiger partial charge in [0.2, 0.25) is 0 Å². The molecule has 1 amide bonds. The van der Waals surface area contributed by atoms with Gasteiger partial charge in [-0.3, -0.25) is 9.36 Å². The van der Waals surface area contributed by atoms with Crippen molar-refractivity contribution in [2.75, 3.05) is 30.8 Å². The lowest BCUT2D eigenvalue weighted by Crippen LogP contribution is -2.41. The first kappa shape index (κ1) is 30.1. The van der Waals surface area contributed by atoms with Crippen molar-refractivity contribution in [1.29, 1.82) is 5.26 Å². The highest BCUT2D eigenvalue weighted by Crippen LogP contribution is 2.42. The van der Waals surface area contributed by atoms with Crippen molar-refractivity contribution in [1.82, 2.24) is 19.9 Å². The second-order valence-corrected chi connectivity index (χ2v) is 10.9. The molecule has 0 aliphatic heterocycles. The van der Waals surface area contributed by atoms with Gasteiger partial charge in [0.05, 0.1) is 38.5 Å². The lowest BCUT2D eigenvalue weighted by atomic mass is 10.2. The average Bonchev–Trinajstić information content (AvgIpc) is 3.19. The molecule has 15 heteroatoms. The number of carbonyl (C=O) groups is 1. The highest BCUT2D eigenvalue weighted by atomic mass is 35.5. The molecule has 1 unspecified atom stereocenters. The molecule has 0 bridgehead atoms. The monoisotopic (exact) mass is 579 g/mol. The van der Waals surface area contributed by atoms with Gasteiger partial charge in [-0.1, -0.05) is 11.6 Å². The number of imidazole rings is 1. The van der Waals surface area contributed by atoms with Crippen molar-refractivity contribution in [3.63, 3.8) is 0 Å². The second-order valence-electron chi connectivity index (χ2n) is 8.52. The number of anilines is 2. The van der Waals surface area contributed by atoms with Gasteiger partial charge in [0.25, 0.3) is 11.7 Å². The van der Waals surface area contributed by atoms with Crippen LogP contribution in [0.2, 0.25) is 5.15 Å². The number of halogens is 1. The second kappa shape index (κ2) is 13.6. The number of rotatable bonds is 14. The van der Waals surface area contributed by atoms with E-state index >= 15 is 0 Å². The number of fused-ring (bicyclic) bond motifs is 1. The Morgan fingerprint density at radius 2 is 2.05 bits per heavy atom. The van der Waals surface area contributed by atoms with E-state index in [9.17, 15) is 14.3 Å². The fourth-order valence-corrected chi connectivity index (χ4v) is 5.33. The van der Waals surface area contributed by atoms with Crippen LogP contribution in [0, 0.1) is 11.3 Å². The third-order valence-electron chi connectivity index (χ3n) is 5.85. The van der Waals surface area contributed by atoms with Gasteiger partial charge in [-0.25, -0.2) is 19.1 Å². The number of aryl methyl sites for hydroxylation is 2. The van der Waals surface area contributed by atoms with E-state index in [0.717, 1.165) is 16.9 Å². The molecular weight excluding hydrogens is 547 g/mol. The topological polar surface area (TPSA) is 195 Å². The first-order chi connectivity index (χ1) is 18.6. The standard InChI is InChI=1S/C24H32ClN8O5P/c1-3-32-18-14-16(37-12-7-13-39(35,36)38-4-2)8-9-17(18)33(11-6-5-10-26)19(32)15-29-24(34)20-22(27)31-23(28)21(25)30-20/h8-9,14H,3-7,11-13,15H2,1-2H3,(H5-,27,28,29,31,34,35,36)/p+1. The number of nitrogens with one attached hydrogen (secondary N) is 1. The van der Waals surface area contributed by atoms with Crippen molar-refractivity contribution in [3.05, 3.63) is 34.9 Å². The summed E-state index contributed by atoms with van der Waals surface area (Å²) in [7, 11) is -3.60. The minimum absolute atomic E-state index is 0.00523. The predicted molar refractivity (Wildman–Crippen MR) is 146 cm³/mol. The quantitative estimate of drug-likeness (QED) is 0.125. The number of nitrogen functional groups attached to an aromatic ring is 2. The summed E-state index contributed by atoms with van der Waals surface area (Å²) in [5, 5.41) is 11.8. The average molecular weight is 580 g/mol. The van der Waals surface area contributed by atoms with Crippen molar-refractivity contribution >= 4 is 47.8 Å². The molecule has 13 nitrogen and oxygen atoms in total. The fraction of sp³-hybridized carbons (Fsp3) is 0.458. The Morgan fingerprint density at radius 3 is 2.74 bits per heavy atom. The summed E-state index contributed by atoms with van der Waals surface area (Å²) in [4.78, 5) is 30.4. The molecule has 210 valence electrons. The summed E-state index contributed by atoms with van der Waals surface area (Å²) in [5.74, 6) is 0.633. The lowest BCUT2D eigenvalue weighted by molar-refractivity contribution is -0.680. The summed E-state index contributed by atoms with van der Waals surface area (Å²) in [6.07, 6.45) is 1.36. The number of aromatic nitrogens is 4. The molecule has 1 atom stereocenters. The SMILES string of the molecule is CCOP(=O)(O)CCCOc1ccc2c(c1)n(CC)c(CNC(=O)c1nc(Cl)c(N)nc1N)[n+]2CCCC#N. The molecule has 6 N–H and O–H groups in total. The smallest absolute Gasteiger partial charge is 0.328 e. The molecule has 3 aromatic rings. The fourth-order valence-electron chi connectivity index (χ4n) is 4.14. The third kappa shape index (κ3) is 7.58. The first-order valence-corrected chi connectivity index (χ1v) is 14.6. The normalized spacial score (nSPS) is 12.7. The molecule has 0 saturated carbocycles. The number of benzene rings is 1. The number of hydrogen-bond donors (Lipinski definition) is 4. The third-order valence-corrected chi connectivity index (χ3v) is 7.67. The number of amides is 1. The minimum Gasteiger partial charge on any atom is -0.493 e. The highest BCUT2D eigenvalue weighted by molar-refractivity contribution is 7.52. The van der Waals surface area contributed by atoms with Gasteiger partial charge < -0.3 is 30.9 Å². The zero-order valence-electron chi connectivity index (χ0n) is 21.9. The molecule has 0 fully saturated rings. The first-order valence-electron chi connectivity index (χ1n) is 12.5. The van der Waals surface area contributed by atoms with Crippen LogP contribution in [-0.4, -0.2) is 44.7 Å². The van der Waals surface area contributed by atoms with Gasteiger partial charge in [0, 0.05) is 12.5 Å². The zero-order chi connectivity index (χ0) is 28.6. The Labute approximate surface area is 231 Å². The van der Waals surface area contributed by atoms with E-state index in [0.29, 0.717) is 38.1 Å². The summed E-state index contributed by atoms with van der Waals surface area (Å²) in [5.41, 5.74) is 13.1. The van der Waals surface area contributed by atoms with Crippen LogP contribution in [-0.2, 0) is 28.7 Å². The van der Waals surface area contributed by atoms with E-state index in [1.165, 1.54) is 0 Å². The molecule has 0 aliphatic carbocycles. The Bertz CT molecular complexity index is 1420. The molecular formula is C24H33ClN8O5P+. The molecule has 0 spiro atoms. The van der Waals surface area contributed by atoms with Crippen LogP contribution in [0.4, 0.5) is 11.6 Å². The molecule has 1 aromatic carbocycles. The number of nitriles is 1. The van der Waals surface area contributed by atoms with E-state index in [2.05, 4.69) is 25.9 Å². The van der Waals surface area contributed by atoms with Crippen LogP contribution in [0.1, 0.15) is 49.4 Å². The van der Waals surface area contributed by atoms with Gasteiger partial charge in [-0.15, -0.1) is 0 Å². The van der Waals surface area contributed by atoms with Gasteiger partial charge >= 0.3 is 7.60 Å². The van der Waals surface area contributed by atoms with Crippen molar-refractivity contribution in [2.24, 2.45) is 0 Å². The highest BCUT2D eigenvalue weighted by Gasteiger charge is 2.26. The van der Waals surface area contributed by atoms with Crippen molar-refractivity contribution < 1.29 is 28.1 Å². The number of hydrogen-bond acceptors (Lipinski definition) is 9. The van der Waals surface area contributed by atoms with Crippen LogP contribution >= 0.6 is 19.2 Å². The Balaban J connectivity index is 1.85. The molecule has 2 heterocycles. The minimum atomic E-state index is -3.60. The van der Waals surface area contributed by atoms with Gasteiger partial charge in [-0.2, -0.15) is 5.26 Å². The Hall–Kier alpha value is -3.43. The number of nitrogens with zero attached hydrogens (tertiary/aromatic N) is 5. The molecule has 2 aromatic heterocycles. The van der Waals surface area contributed by atoms with Crippen LogP contribution in [0.15, 0.2) is 18.2 Å². The van der Waals surface area contributed by atoms with Crippen molar-refractivity contribution in [2.45, 2.75) is 52.7 Å². The summed E-state index contributed by atoms with van der Waals surface area (Å²) in [6.45, 7) is 5.35. The van der Waals surface area contributed by atoms with Crippen molar-refractivity contribution in [3.8, 4) is 11.8 Å². The maximum atomic E-state index is 12.9. The van der Waals surface area contributed by atoms with Gasteiger partial charge in [0.1, 0.15) is 12.3 Å². The lowest BCUT2D eigenvalue weighted by Gasteiger charge is -2.11. The molecule has 0 aliphatic rings. The van der Waals surface area contributed by atoms with Gasteiger partial charge in [-0.05, 0) is 38.8 Å². The van der Waals surface area contributed by atoms with Crippen LogP contribution in [0.25, 0.3) is 11.0 Å². The maximum Gasteiger partial charge on any atom is 0.328 e. The zero-order valence-corrected chi connectivity index (χ0v) is 23.5. The maximum absolute atomic E-state index is 12.9. The van der Waals surface area contributed by atoms with Crippen LogP contribution < -0.4 is 26.1 Å². The van der Waals surface area contributed by atoms with E-state index in [-0.39, 0.29) is 48.4 Å². The summed E-state index contributed by atoms with van der Waals surface area (Å²) in [6, 6.07) is 7.78. The molecule has 3 rings (SSSR count). The number of unbranched alkanes of at least 4 members (excludes halogenated alkanes) is 1. The Morgan fingerprint density at radius 1 is 1.28 bits per heavy atom. The summed E-state index contributed by atoms with van der Waals surface area (Å²) >= 11 is 5.93. The number of ether oxygens (including phenoxy) is 1.